The van der Waals surface area contributed by atoms with E-state index in [0.717, 1.165) is 26.6 Å². The molecular formula is C29H26N4OPS+. The number of amides is 1. The third kappa shape index (κ3) is 4.78. The lowest BCUT2D eigenvalue weighted by molar-refractivity contribution is -0.119. The van der Waals surface area contributed by atoms with Crippen molar-refractivity contribution in [3.05, 3.63) is 126 Å². The Kier molecular flexibility index (Phi) is 7.17. The van der Waals surface area contributed by atoms with E-state index in [0.29, 0.717) is 5.13 Å². The number of carbonyl (C=O) groups is 1. The number of para-hydroxylation sites is 1. The van der Waals surface area contributed by atoms with Gasteiger partial charge in [-0.15, -0.1) is 10.2 Å². The van der Waals surface area contributed by atoms with Crippen LogP contribution >= 0.6 is 18.6 Å². The van der Waals surface area contributed by atoms with E-state index in [1.165, 1.54) is 11.3 Å². The number of nitrogens with zero attached hydrogens (tertiary/aromatic N) is 2. The van der Waals surface area contributed by atoms with Crippen LogP contribution in [0.5, 0.6) is 0 Å². The van der Waals surface area contributed by atoms with Gasteiger partial charge >= 0.3 is 0 Å². The van der Waals surface area contributed by atoms with E-state index in [1.54, 1.807) is 6.92 Å². The monoisotopic (exact) mass is 509 g/mol. The average molecular weight is 510 g/mol. The molecule has 1 heterocycles. The SMILES string of the molecule is CC(=O)N[C@H](c1nnc(Nc2ccccc2)s1)[P+](c1ccccc1)(c1ccccc1)c1ccccc1. The number of rotatable bonds is 8. The molecule has 5 rings (SSSR count). The zero-order chi connectivity index (χ0) is 24.8. The van der Waals surface area contributed by atoms with Gasteiger partial charge < -0.3 is 10.6 Å². The maximum absolute atomic E-state index is 12.7. The first-order chi connectivity index (χ1) is 17.7. The molecule has 0 spiro atoms. The highest BCUT2D eigenvalue weighted by atomic mass is 32.1. The Morgan fingerprint density at radius 2 is 1.14 bits per heavy atom. The molecule has 0 saturated heterocycles. The average Bonchev–Trinajstić information content (AvgIpc) is 3.39. The Hall–Kier alpha value is -3.86. The van der Waals surface area contributed by atoms with Gasteiger partial charge in [0, 0.05) is 12.6 Å². The van der Waals surface area contributed by atoms with Gasteiger partial charge in [0.2, 0.25) is 16.8 Å². The van der Waals surface area contributed by atoms with Crippen molar-refractivity contribution in [2.75, 3.05) is 5.32 Å². The van der Waals surface area contributed by atoms with Gasteiger partial charge in [0.05, 0.1) is 0 Å². The molecule has 0 bridgehead atoms. The minimum atomic E-state index is -2.46. The van der Waals surface area contributed by atoms with E-state index in [4.69, 9.17) is 0 Å². The number of hydrogen-bond donors (Lipinski definition) is 2. The predicted octanol–water partition coefficient (Wildman–Crippen LogP) is 5.41. The van der Waals surface area contributed by atoms with Crippen LogP contribution in [0.1, 0.15) is 17.7 Å². The lowest BCUT2D eigenvalue weighted by atomic mass is 10.3. The van der Waals surface area contributed by atoms with E-state index < -0.39 is 13.0 Å². The Balaban J connectivity index is 1.74. The van der Waals surface area contributed by atoms with E-state index >= 15 is 0 Å². The summed E-state index contributed by atoms with van der Waals surface area (Å²) in [6, 6.07) is 41.3. The summed E-state index contributed by atoms with van der Waals surface area (Å²) in [4.78, 5) is 12.7. The van der Waals surface area contributed by atoms with Gasteiger partial charge in [-0.3, -0.25) is 4.79 Å². The van der Waals surface area contributed by atoms with Crippen LogP contribution in [0.25, 0.3) is 0 Å². The molecule has 0 aliphatic carbocycles. The van der Waals surface area contributed by atoms with E-state index in [1.807, 2.05) is 48.5 Å². The van der Waals surface area contributed by atoms with Crippen LogP contribution < -0.4 is 26.5 Å². The second kappa shape index (κ2) is 10.8. The van der Waals surface area contributed by atoms with Crippen molar-refractivity contribution in [1.82, 2.24) is 15.5 Å². The van der Waals surface area contributed by atoms with Crippen LogP contribution in [0, 0.1) is 0 Å². The summed E-state index contributed by atoms with van der Waals surface area (Å²) < 4.78 is 0. The van der Waals surface area contributed by atoms with Gasteiger partial charge in [-0.1, -0.05) is 84.1 Å². The van der Waals surface area contributed by atoms with Crippen LogP contribution in [0.15, 0.2) is 121 Å². The van der Waals surface area contributed by atoms with Crippen molar-refractivity contribution in [3.8, 4) is 0 Å². The molecule has 0 unspecified atom stereocenters. The smallest absolute Gasteiger partial charge is 0.220 e. The third-order valence-electron chi connectivity index (χ3n) is 5.92. The summed E-state index contributed by atoms with van der Waals surface area (Å²) in [5, 5.41) is 20.7. The maximum Gasteiger partial charge on any atom is 0.220 e. The van der Waals surface area contributed by atoms with Crippen LogP contribution in [0.4, 0.5) is 10.8 Å². The molecule has 0 aliphatic heterocycles. The molecule has 36 heavy (non-hydrogen) atoms. The van der Waals surface area contributed by atoms with Gasteiger partial charge in [-0.05, 0) is 48.5 Å². The Morgan fingerprint density at radius 1 is 0.694 bits per heavy atom. The lowest BCUT2D eigenvalue weighted by Crippen LogP contribution is -2.41. The topological polar surface area (TPSA) is 66.9 Å². The summed E-state index contributed by atoms with van der Waals surface area (Å²) >= 11 is 1.47. The van der Waals surface area contributed by atoms with Crippen molar-refractivity contribution in [1.29, 1.82) is 0 Å². The molecule has 0 fully saturated rings. The molecule has 7 heteroatoms. The largest absolute Gasteiger partial charge is 0.330 e. The van der Waals surface area contributed by atoms with Gasteiger partial charge in [0.1, 0.15) is 23.2 Å². The molecule has 1 amide bonds. The summed E-state index contributed by atoms with van der Waals surface area (Å²) in [5.74, 6) is -0.508. The Morgan fingerprint density at radius 3 is 1.58 bits per heavy atom. The minimum absolute atomic E-state index is 0.111. The first-order valence-corrected chi connectivity index (χ1v) is 14.3. The fourth-order valence-electron chi connectivity index (χ4n) is 4.44. The summed E-state index contributed by atoms with van der Waals surface area (Å²) in [7, 11) is -2.46. The van der Waals surface area contributed by atoms with Gasteiger partial charge in [-0.2, -0.15) is 0 Å². The molecular weight excluding hydrogens is 483 g/mol. The third-order valence-corrected chi connectivity index (χ3v) is 11.5. The molecule has 0 aliphatic rings. The highest BCUT2D eigenvalue weighted by molar-refractivity contribution is 7.96. The number of aromatic nitrogens is 2. The number of nitrogens with one attached hydrogen (secondary N) is 2. The molecule has 4 aromatic carbocycles. The van der Waals surface area contributed by atoms with Crippen LogP contribution in [-0.4, -0.2) is 16.1 Å². The Bertz CT molecular complexity index is 1320. The maximum atomic E-state index is 12.7. The number of hydrogen-bond acceptors (Lipinski definition) is 5. The zero-order valence-corrected chi connectivity index (χ0v) is 21.5. The molecule has 5 nitrogen and oxygen atoms in total. The highest BCUT2D eigenvalue weighted by Gasteiger charge is 2.55. The summed E-state index contributed by atoms with van der Waals surface area (Å²) in [5.41, 5.74) is 0.937. The number of carbonyl (C=O) groups excluding carboxylic acids is 1. The molecule has 1 atom stereocenters. The lowest BCUT2D eigenvalue weighted by Gasteiger charge is -2.33. The minimum Gasteiger partial charge on any atom is -0.330 e. The summed E-state index contributed by atoms with van der Waals surface area (Å²) in [6.45, 7) is 1.56. The summed E-state index contributed by atoms with van der Waals surface area (Å²) in [6.07, 6.45) is 0. The van der Waals surface area contributed by atoms with Gasteiger partial charge in [0.15, 0.2) is 5.01 Å². The molecule has 178 valence electrons. The molecule has 0 radical (unpaired) electrons. The molecule has 2 N–H and O–H groups in total. The van der Waals surface area contributed by atoms with E-state index in [2.05, 4.69) is 93.6 Å². The van der Waals surface area contributed by atoms with Crippen molar-refractivity contribution in [2.45, 2.75) is 12.7 Å². The van der Waals surface area contributed by atoms with Crippen LogP contribution in [0.3, 0.4) is 0 Å². The van der Waals surface area contributed by atoms with Crippen molar-refractivity contribution in [2.24, 2.45) is 0 Å². The second-order valence-electron chi connectivity index (χ2n) is 8.27. The van der Waals surface area contributed by atoms with Crippen molar-refractivity contribution in [3.63, 3.8) is 0 Å². The highest BCUT2D eigenvalue weighted by Crippen LogP contribution is 2.65. The first kappa shape index (κ1) is 23.9. The van der Waals surface area contributed by atoms with Crippen LogP contribution in [-0.2, 0) is 4.79 Å². The fourth-order valence-corrected chi connectivity index (χ4v) is 10.2. The zero-order valence-electron chi connectivity index (χ0n) is 19.8. The molecule has 0 saturated carbocycles. The Labute approximate surface area is 215 Å². The quantitative estimate of drug-likeness (QED) is 0.275. The predicted molar refractivity (Wildman–Crippen MR) is 151 cm³/mol. The van der Waals surface area contributed by atoms with E-state index in [9.17, 15) is 4.79 Å². The molecule has 5 aromatic rings. The van der Waals surface area contributed by atoms with Crippen molar-refractivity contribution >= 4 is 51.2 Å². The van der Waals surface area contributed by atoms with E-state index in [-0.39, 0.29) is 5.91 Å². The van der Waals surface area contributed by atoms with Crippen molar-refractivity contribution < 1.29 is 4.79 Å². The first-order valence-electron chi connectivity index (χ1n) is 11.7. The second-order valence-corrected chi connectivity index (χ2v) is 12.8. The fraction of sp³-hybridized carbons (Fsp3) is 0.0690. The number of benzene rings is 4. The standard InChI is InChI=1S/C29H25N4OPS/c1-22(34)30-27(28-32-33-29(36-28)31-23-14-6-2-7-15-23)35(24-16-8-3-9-17-24,25-18-10-4-11-19-25)26-20-12-5-13-21-26/h2-21,27H,1H3,(H-,30,31,33,34)/p+1/t27-/m0/s1. The van der Waals surface area contributed by atoms with Gasteiger partial charge in [0.25, 0.3) is 0 Å². The number of anilines is 2. The normalized spacial score (nSPS) is 12.0. The molecule has 1 aromatic heterocycles. The van der Waals surface area contributed by atoms with Crippen LogP contribution in [0.2, 0.25) is 0 Å². The van der Waals surface area contributed by atoms with Gasteiger partial charge in [-0.25, -0.2) is 0 Å².